The van der Waals surface area contributed by atoms with E-state index in [9.17, 15) is 0 Å². The molecule has 0 atom stereocenters. The van der Waals surface area contributed by atoms with Crippen molar-refractivity contribution in [1.82, 2.24) is 20.8 Å². The first-order valence-electron chi connectivity index (χ1n) is 10.8. The van der Waals surface area contributed by atoms with Gasteiger partial charge in [-0.15, -0.1) is 0 Å². The Morgan fingerprint density at radius 3 is 2.53 bits per heavy atom. The maximum Gasteiger partial charge on any atom is 0.226 e. The Hall–Kier alpha value is -3.55. The minimum atomic E-state index is 0.607. The van der Waals surface area contributed by atoms with Crippen LogP contribution in [0.5, 0.6) is 11.5 Å². The van der Waals surface area contributed by atoms with Gasteiger partial charge in [-0.05, 0) is 54.8 Å². The zero-order valence-electron chi connectivity index (χ0n) is 18.9. The number of aryl methyl sites for hydroxylation is 1. The van der Waals surface area contributed by atoms with Crippen molar-refractivity contribution in [1.29, 1.82) is 0 Å². The van der Waals surface area contributed by atoms with Crippen LogP contribution in [0.1, 0.15) is 30.7 Å². The molecule has 3 aromatic rings. The number of hydrogen-bond acceptors (Lipinski definition) is 6. The van der Waals surface area contributed by atoms with Crippen molar-refractivity contribution in [2.75, 3.05) is 27.8 Å². The molecule has 0 unspecified atom stereocenters. The SMILES string of the molecule is CN=C(NCCCCCc1nc(-c2ccc(OC)cc2)no1)NCc1cccc(OC)c1. The summed E-state index contributed by atoms with van der Waals surface area (Å²) in [5.74, 6) is 3.71. The Kier molecular flexibility index (Phi) is 8.92. The van der Waals surface area contributed by atoms with E-state index in [4.69, 9.17) is 14.0 Å². The van der Waals surface area contributed by atoms with Crippen LogP contribution in [0.2, 0.25) is 0 Å². The van der Waals surface area contributed by atoms with Crippen LogP contribution in [-0.4, -0.2) is 43.9 Å². The first-order chi connectivity index (χ1) is 15.7. The van der Waals surface area contributed by atoms with Crippen LogP contribution in [-0.2, 0) is 13.0 Å². The summed E-state index contributed by atoms with van der Waals surface area (Å²) in [6.45, 7) is 1.53. The predicted octanol–water partition coefficient (Wildman–Crippen LogP) is 3.83. The molecule has 1 heterocycles. The normalized spacial score (nSPS) is 11.3. The summed E-state index contributed by atoms with van der Waals surface area (Å²) >= 11 is 0. The summed E-state index contributed by atoms with van der Waals surface area (Å²) in [5.41, 5.74) is 2.05. The molecule has 2 aromatic carbocycles. The first kappa shape index (κ1) is 23.1. The van der Waals surface area contributed by atoms with Crippen molar-refractivity contribution < 1.29 is 14.0 Å². The molecule has 0 bridgehead atoms. The van der Waals surface area contributed by atoms with Gasteiger partial charge in [-0.3, -0.25) is 4.99 Å². The minimum absolute atomic E-state index is 0.607. The average Bonchev–Trinajstić information content (AvgIpc) is 3.32. The Labute approximate surface area is 189 Å². The summed E-state index contributed by atoms with van der Waals surface area (Å²) in [6.07, 6.45) is 3.84. The molecule has 8 heteroatoms. The average molecular weight is 438 g/mol. The summed E-state index contributed by atoms with van der Waals surface area (Å²) in [4.78, 5) is 8.76. The van der Waals surface area contributed by atoms with E-state index in [1.807, 2.05) is 42.5 Å². The number of methoxy groups -OCH3 is 2. The molecule has 0 aliphatic rings. The van der Waals surface area contributed by atoms with E-state index in [0.29, 0.717) is 18.3 Å². The fourth-order valence-corrected chi connectivity index (χ4v) is 3.19. The van der Waals surface area contributed by atoms with Crippen molar-refractivity contribution in [3.8, 4) is 22.9 Å². The van der Waals surface area contributed by atoms with E-state index >= 15 is 0 Å². The molecule has 0 spiro atoms. The molecule has 3 rings (SSSR count). The van der Waals surface area contributed by atoms with Gasteiger partial charge in [0.1, 0.15) is 11.5 Å². The lowest BCUT2D eigenvalue weighted by molar-refractivity contribution is 0.374. The molecule has 0 radical (unpaired) electrons. The van der Waals surface area contributed by atoms with E-state index in [-0.39, 0.29) is 0 Å². The van der Waals surface area contributed by atoms with Gasteiger partial charge in [0.25, 0.3) is 0 Å². The van der Waals surface area contributed by atoms with Crippen molar-refractivity contribution in [2.24, 2.45) is 4.99 Å². The second kappa shape index (κ2) is 12.3. The van der Waals surface area contributed by atoms with Crippen LogP contribution >= 0.6 is 0 Å². The van der Waals surface area contributed by atoms with Gasteiger partial charge in [0.2, 0.25) is 11.7 Å². The van der Waals surface area contributed by atoms with Gasteiger partial charge in [-0.1, -0.05) is 23.7 Å². The minimum Gasteiger partial charge on any atom is -0.497 e. The number of aliphatic imine (C=N–C) groups is 1. The molecular formula is C24H31N5O3. The molecule has 0 saturated carbocycles. The van der Waals surface area contributed by atoms with Gasteiger partial charge in [0.15, 0.2) is 5.96 Å². The lowest BCUT2D eigenvalue weighted by Crippen LogP contribution is -2.37. The molecule has 170 valence electrons. The topological polar surface area (TPSA) is 93.8 Å². The Morgan fingerprint density at radius 1 is 0.969 bits per heavy atom. The Balaban J connectivity index is 1.32. The first-order valence-corrected chi connectivity index (χ1v) is 10.8. The van der Waals surface area contributed by atoms with Gasteiger partial charge in [-0.25, -0.2) is 0 Å². The zero-order chi connectivity index (χ0) is 22.6. The molecule has 0 saturated heterocycles. The number of aromatic nitrogens is 2. The molecule has 0 aliphatic carbocycles. The molecule has 8 nitrogen and oxygen atoms in total. The fraction of sp³-hybridized carbons (Fsp3) is 0.375. The maximum absolute atomic E-state index is 5.38. The Bertz CT molecular complexity index is 985. The molecular weight excluding hydrogens is 406 g/mol. The third-order valence-electron chi connectivity index (χ3n) is 4.99. The van der Waals surface area contributed by atoms with Crippen LogP contribution in [0.4, 0.5) is 0 Å². The third-order valence-corrected chi connectivity index (χ3v) is 4.99. The second-order valence-electron chi connectivity index (χ2n) is 7.25. The van der Waals surface area contributed by atoms with Gasteiger partial charge >= 0.3 is 0 Å². The van der Waals surface area contributed by atoms with Crippen molar-refractivity contribution in [3.63, 3.8) is 0 Å². The van der Waals surface area contributed by atoms with Crippen molar-refractivity contribution in [3.05, 3.63) is 60.0 Å². The number of nitrogens with zero attached hydrogens (tertiary/aromatic N) is 3. The molecule has 1 aromatic heterocycles. The monoisotopic (exact) mass is 437 g/mol. The van der Waals surface area contributed by atoms with Crippen LogP contribution < -0.4 is 20.1 Å². The second-order valence-corrected chi connectivity index (χ2v) is 7.25. The largest absolute Gasteiger partial charge is 0.497 e. The lowest BCUT2D eigenvalue weighted by Gasteiger charge is -2.12. The smallest absolute Gasteiger partial charge is 0.226 e. The van der Waals surface area contributed by atoms with E-state index in [1.54, 1.807) is 21.3 Å². The highest BCUT2D eigenvalue weighted by Crippen LogP contribution is 2.20. The summed E-state index contributed by atoms with van der Waals surface area (Å²) in [5, 5.41) is 10.7. The van der Waals surface area contributed by atoms with E-state index in [2.05, 4.69) is 31.8 Å². The summed E-state index contributed by atoms with van der Waals surface area (Å²) in [7, 11) is 5.09. The summed E-state index contributed by atoms with van der Waals surface area (Å²) in [6, 6.07) is 15.6. The van der Waals surface area contributed by atoms with Crippen LogP contribution in [0.3, 0.4) is 0 Å². The number of benzene rings is 2. The van der Waals surface area contributed by atoms with Crippen LogP contribution in [0.25, 0.3) is 11.4 Å². The number of unbranched alkanes of at least 4 members (excludes halogenated alkanes) is 2. The maximum atomic E-state index is 5.38. The molecule has 0 aliphatic heterocycles. The highest BCUT2D eigenvalue weighted by molar-refractivity contribution is 5.79. The van der Waals surface area contributed by atoms with E-state index < -0.39 is 0 Å². The molecule has 32 heavy (non-hydrogen) atoms. The number of hydrogen-bond donors (Lipinski definition) is 2. The van der Waals surface area contributed by atoms with E-state index in [1.165, 1.54) is 0 Å². The van der Waals surface area contributed by atoms with E-state index in [0.717, 1.165) is 60.8 Å². The van der Waals surface area contributed by atoms with Gasteiger partial charge in [0, 0.05) is 32.1 Å². The van der Waals surface area contributed by atoms with Gasteiger partial charge in [0.05, 0.1) is 14.2 Å². The van der Waals surface area contributed by atoms with Gasteiger partial charge in [-0.2, -0.15) is 4.98 Å². The van der Waals surface area contributed by atoms with Crippen molar-refractivity contribution in [2.45, 2.75) is 32.2 Å². The van der Waals surface area contributed by atoms with Gasteiger partial charge < -0.3 is 24.6 Å². The number of rotatable bonds is 11. The fourth-order valence-electron chi connectivity index (χ4n) is 3.19. The number of guanidine groups is 1. The third kappa shape index (κ3) is 7.01. The standard InChI is InChI=1S/C24H31N5O3/c1-25-24(27-17-18-8-7-9-21(16-18)31-3)26-15-6-4-5-10-22-28-23(29-32-22)19-11-13-20(30-2)14-12-19/h7-9,11-14,16H,4-6,10,15,17H2,1-3H3,(H2,25,26,27). The number of ether oxygens (including phenoxy) is 2. The predicted molar refractivity (Wildman–Crippen MR) is 125 cm³/mol. The number of nitrogens with one attached hydrogen (secondary N) is 2. The van der Waals surface area contributed by atoms with Crippen LogP contribution in [0, 0.1) is 0 Å². The molecule has 0 fully saturated rings. The van der Waals surface area contributed by atoms with Crippen molar-refractivity contribution >= 4 is 5.96 Å². The zero-order valence-corrected chi connectivity index (χ0v) is 18.9. The Morgan fingerprint density at radius 2 is 1.78 bits per heavy atom. The highest BCUT2D eigenvalue weighted by Gasteiger charge is 2.08. The molecule has 2 N–H and O–H groups in total. The quantitative estimate of drug-likeness (QED) is 0.267. The summed E-state index contributed by atoms with van der Waals surface area (Å²) < 4.78 is 15.8. The lowest BCUT2D eigenvalue weighted by atomic mass is 10.2. The highest BCUT2D eigenvalue weighted by atomic mass is 16.5. The van der Waals surface area contributed by atoms with Crippen LogP contribution in [0.15, 0.2) is 58.0 Å². The molecule has 0 amide bonds.